The minimum absolute atomic E-state index is 0.0442. The molecule has 1 saturated heterocycles. The molecule has 12 heteroatoms. The molecule has 2 N–H and O–H groups in total. The van der Waals surface area contributed by atoms with Crippen molar-refractivity contribution < 1.29 is 17.9 Å². The van der Waals surface area contributed by atoms with Gasteiger partial charge in [-0.3, -0.25) is 9.48 Å². The molecule has 1 atom stereocenters. The van der Waals surface area contributed by atoms with E-state index in [-0.39, 0.29) is 22.9 Å². The lowest BCUT2D eigenvalue weighted by Gasteiger charge is -2.30. The quantitative estimate of drug-likeness (QED) is 0.573. The molecule has 3 aromatic rings. The summed E-state index contributed by atoms with van der Waals surface area (Å²) < 4.78 is 48.8. The van der Waals surface area contributed by atoms with Crippen LogP contribution in [0.15, 0.2) is 35.3 Å². The maximum absolute atomic E-state index is 13.4. The van der Waals surface area contributed by atoms with Crippen molar-refractivity contribution in [3.63, 3.8) is 0 Å². The topological polar surface area (TPSA) is 91.2 Å². The van der Waals surface area contributed by atoms with Gasteiger partial charge in [0.2, 0.25) is 0 Å². The molecular formula is C23H24ClF3N6O2. The third kappa shape index (κ3) is 4.50. The van der Waals surface area contributed by atoms with E-state index in [1.165, 1.54) is 21.5 Å². The van der Waals surface area contributed by atoms with Crippen molar-refractivity contribution in [3.05, 3.63) is 68.2 Å². The molecule has 35 heavy (non-hydrogen) atoms. The highest BCUT2D eigenvalue weighted by Crippen LogP contribution is 2.34. The van der Waals surface area contributed by atoms with E-state index in [1.807, 2.05) is 4.90 Å². The van der Waals surface area contributed by atoms with Crippen LogP contribution in [0.2, 0.25) is 5.02 Å². The summed E-state index contributed by atoms with van der Waals surface area (Å²) in [6, 6.07) is 5.44. The summed E-state index contributed by atoms with van der Waals surface area (Å²) in [7, 11) is 0. The number of nitrogens with two attached hydrogens (primary N) is 1. The Bertz CT molecular complexity index is 1300. The van der Waals surface area contributed by atoms with Crippen molar-refractivity contribution in [2.45, 2.75) is 51.2 Å². The zero-order valence-corrected chi connectivity index (χ0v) is 19.5. The first-order valence-electron chi connectivity index (χ1n) is 11.4. The molecular weight excluding hydrogens is 485 g/mol. The van der Waals surface area contributed by atoms with Crippen molar-refractivity contribution in [1.82, 2.24) is 19.6 Å². The molecule has 0 bridgehead atoms. The summed E-state index contributed by atoms with van der Waals surface area (Å²) in [5.41, 5.74) is 7.11. The minimum Gasteiger partial charge on any atom is -0.382 e. The van der Waals surface area contributed by atoms with Crippen LogP contribution in [0.25, 0.3) is 0 Å². The fraction of sp³-hybridized carbons (Fsp3) is 0.435. The van der Waals surface area contributed by atoms with Crippen molar-refractivity contribution in [1.29, 1.82) is 0 Å². The summed E-state index contributed by atoms with van der Waals surface area (Å²) in [6.07, 6.45) is -0.273. The Balaban J connectivity index is 1.40. The zero-order valence-electron chi connectivity index (χ0n) is 18.8. The lowest BCUT2D eigenvalue weighted by molar-refractivity contribution is -0.138. The predicted molar refractivity (Wildman–Crippen MR) is 124 cm³/mol. The Kier molecular flexibility index (Phi) is 6.22. The number of nitrogens with zero attached hydrogens (tertiary/aromatic N) is 5. The number of nitrogen functional groups attached to an aromatic ring is 1. The smallest absolute Gasteiger partial charge is 0.382 e. The second kappa shape index (κ2) is 9.19. The SMILES string of the molecule is Nc1nn(Cc2ccccc2C(F)(F)F)c2c1CN(c1cnn(C3CCCCO3)c(=O)c1Cl)CC2. The van der Waals surface area contributed by atoms with E-state index in [0.29, 0.717) is 43.8 Å². The largest absolute Gasteiger partial charge is 0.416 e. The lowest BCUT2D eigenvalue weighted by atomic mass is 10.0. The monoisotopic (exact) mass is 508 g/mol. The highest BCUT2D eigenvalue weighted by molar-refractivity contribution is 6.33. The van der Waals surface area contributed by atoms with Gasteiger partial charge in [0.05, 0.1) is 24.0 Å². The van der Waals surface area contributed by atoms with Crippen molar-refractivity contribution >= 4 is 23.1 Å². The number of anilines is 2. The first-order chi connectivity index (χ1) is 16.7. The van der Waals surface area contributed by atoms with Crippen LogP contribution in [0.3, 0.4) is 0 Å². The molecule has 4 heterocycles. The molecule has 1 unspecified atom stereocenters. The molecule has 0 amide bonds. The Morgan fingerprint density at radius 3 is 2.77 bits per heavy atom. The number of hydrogen-bond acceptors (Lipinski definition) is 6. The summed E-state index contributed by atoms with van der Waals surface area (Å²) >= 11 is 6.46. The molecule has 2 aliphatic rings. The van der Waals surface area contributed by atoms with E-state index in [1.54, 1.807) is 12.3 Å². The molecule has 2 aromatic heterocycles. The average molecular weight is 509 g/mol. The normalized spacial score (nSPS) is 18.5. The van der Waals surface area contributed by atoms with E-state index >= 15 is 0 Å². The van der Waals surface area contributed by atoms with Crippen LogP contribution in [0.5, 0.6) is 0 Å². The van der Waals surface area contributed by atoms with Crippen LogP contribution in [0.1, 0.15) is 47.9 Å². The highest BCUT2D eigenvalue weighted by atomic mass is 35.5. The fourth-order valence-corrected chi connectivity index (χ4v) is 4.98. The number of ether oxygens (including phenoxy) is 1. The molecule has 8 nitrogen and oxygen atoms in total. The van der Waals surface area contributed by atoms with Gasteiger partial charge < -0.3 is 15.4 Å². The van der Waals surface area contributed by atoms with Gasteiger partial charge in [-0.15, -0.1) is 0 Å². The second-order valence-electron chi connectivity index (χ2n) is 8.71. The van der Waals surface area contributed by atoms with Crippen molar-refractivity contribution in [3.8, 4) is 0 Å². The Morgan fingerprint density at radius 1 is 1.23 bits per heavy atom. The standard InChI is InChI=1S/C23H24ClF3N6O2/c24-20-18(11-29-33(22(20)34)19-7-3-4-10-35-19)31-9-8-17-15(13-31)21(28)30-32(17)12-14-5-1-2-6-16(14)23(25,26)27/h1-2,5-6,11,19H,3-4,7-10,12-13H2,(H2,28,30). The van der Waals surface area contributed by atoms with Gasteiger partial charge in [-0.1, -0.05) is 29.8 Å². The second-order valence-corrected chi connectivity index (χ2v) is 9.09. The molecule has 0 spiro atoms. The number of benzene rings is 1. The van der Waals surface area contributed by atoms with Gasteiger partial charge in [0.25, 0.3) is 5.56 Å². The third-order valence-electron chi connectivity index (χ3n) is 6.50. The number of hydrogen-bond donors (Lipinski definition) is 1. The van der Waals surface area contributed by atoms with Gasteiger partial charge >= 0.3 is 6.18 Å². The number of aromatic nitrogens is 4. The van der Waals surface area contributed by atoms with Gasteiger partial charge in [-0.25, -0.2) is 0 Å². The fourth-order valence-electron chi connectivity index (χ4n) is 4.73. The van der Waals surface area contributed by atoms with E-state index in [9.17, 15) is 18.0 Å². The summed E-state index contributed by atoms with van der Waals surface area (Å²) in [6.45, 7) is 1.31. The van der Waals surface area contributed by atoms with Crippen LogP contribution in [-0.2, 0) is 30.4 Å². The first kappa shape index (κ1) is 23.7. The Hall–Kier alpha value is -3.05. The van der Waals surface area contributed by atoms with Gasteiger partial charge in [0.15, 0.2) is 12.0 Å². The predicted octanol–water partition coefficient (Wildman–Crippen LogP) is 4.00. The maximum Gasteiger partial charge on any atom is 0.416 e. The van der Waals surface area contributed by atoms with Crippen LogP contribution < -0.4 is 16.2 Å². The van der Waals surface area contributed by atoms with E-state index in [4.69, 9.17) is 22.1 Å². The summed E-state index contributed by atoms with van der Waals surface area (Å²) in [4.78, 5) is 14.8. The van der Waals surface area contributed by atoms with Crippen molar-refractivity contribution in [2.75, 3.05) is 23.8 Å². The molecule has 186 valence electrons. The average Bonchev–Trinajstić information content (AvgIpc) is 3.15. The maximum atomic E-state index is 13.4. The molecule has 0 aliphatic carbocycles. The van der Waals surface area contributed by atoms with E-state index in [0.717, 1.165) is 24.6 Å². The number of rotatable bonds is 4. The molecule has 1 aromatic carbocycles. The van der Waals surface area contributed by atoms with E-state index < -0.39 is 23.5 Å². The molecule has 0 radical (unpaired) electrons. The minimum atomic E-state index is -4.46. The van der Waals surface area contributed by atoms with Crippen LogP contribution in [-0.4, -0.2) is 32.7 Å². The zero-order chi connectivity index (χ0) is 24.7. The third-order valence-corrected chi connectivity index (χ3v) is 6.86. The number of fused-ring (bicyclic) bond motifs is 1. The number of alkyl halides is 3. The summed E-state index contributed by atoms with van der Waals surface area (Å²) in [5.74, 6) is 0.238. The van der Waals surface area contributed by atoms with Crippen molar-refractivity contribution in [2.24, 2.45) is 0 Å². The molecule has 0 saturated carbocycles. The summed E-state index contributed by atoms with van der Waals surface area (Å²) in [5, 5.41) is 8.67. The van der Waals surface area contributed by atoms with Crippen LogP contribution in [0.4, 0.5) is 24.7 Å². The van der Waals surface area contributed by atoms with E-state index in [2.05, 4.69) is 10.2 Å². The first-order valence-corrected chi connectivity index (χ1v) is 11.7. The van der Waals surface area contributed by atoms with Gasteiger partial charge in [0.1, 0.15) is 5.02 Å². The van der Waals surface area contributed by atoms with Gasteiger partial charge in [-0.05, 0) is 30.9 Å². The highest BCUT2D eigenvalue weighted by Gasteiger charge is 2.34. The number of halogens is 4. The Labute approximate surface area is 204 Å². The molecule has 5 rings (SSSR count). The van der Waals surface area contributed by atoms with Gasteiger partial charge in [-0.2, -0.15) is 28.1 Å². The Morgan fingerprint density at radius 2 is 2.03 bits per heavy atom. The molecule has 2 aliphatic heterocycles. The lowest BCUT2D eigenvalue weighted by Crippen LogP contribution is -2.36. The van der Waals surface area contributed by atoms with Crippen LogP contribution in [0, 0.1) is 0 Å². The van der Waals surface area contributed by atoms with Crippen LogP contribution >= 0.6 is 11.6 Å². The molecule has 1 fully saturated rings. The van der Waals surface area contributed by atoms with Gasteiger partial charge in [0, 0.05) is 37.4 Å².